The van der Waals surface area contributed by atoms with Crippen LogP contribution < -0.4 is 10.1 Å². The summed E-state index contributed by atoms with van der Waals surface area (Å²) in [6, 6.07) is 16.2. The molecule has 0 aliphatic carbocycles. The van der Waals surface area contributed by atoms with Crippen molar-refractivity contribution in [3.63, 3.8) is 0 Å². The predicted octanol–water partition coefficient (Wildman–Crippen LogP) is 4.95. The Morgan fingerprint density at radius 2 is 1.23 bits per heavy atom. The summed E-state index contributed by atoms with van der Waals surface area (Å²) in [5.74, 6) is 1.17. The first-order valence-corrected chi connectivity index (χ1v) is 10.9. The highest BCUT2D eigenvalue weighted by Gasteiger charge is 1.96. The Balaban J connectivity index is 1.53. The standard InChI is InChI=1S/C23H30FNO4S/c1-25-22-8-4-20(5-9-22)2-3-21-6-10-23(11-7-21)29-17-16-27-13-12-26-14-15-28-18-19-30-24/h2-11,25H,12-19H2,1H3/b3-2+. The van der Waals surface area contributed by atoms with Gasteiger partial charge in [0.25, 0.3) is 0 Å². The van der Waals surface area contributed by atoms with Gasteiger partial charge in [-0.05, 0) is 35.4 Å². The number of benzene rings is 2. The third kappa shape index (κ3) is 10.6. The van der Waals surface area contributed by atoms with Gasteiger partial charge in [-0.2, -0.15) is 3.89 Å². The highest BCUT2D eigenvalue weighted by atomic mass is 32.2. The van der Waals surface area contributed by atoms with Crippen LogP contribution in [0.4, 0.5) is 9.57 Å². The summed E-state index contributed by atoms with van der Waals surface area (Å²) in [6.45, 7) is 3.34. The van der Waals surface area contributed by atoms with Crippen molar-refractivity contribution in [3.8, 4) is 5.75 Å². The molecular weight excluding hydrogens is 405 g/mol. The van der Waals surface area contributed by atoms with E-state index in [2.05, 4.69) is 41.7 Å². The molecule has 1 N–H and O–H groups in total. The van der Waals surface area contributed by atoms with Crippen LogP contribution in [0, 0.1) is 0 Å². The van der Waals surface area contributed by atoms with Crippen molar-refractivity contribution in [2.75, 3.05) is 64.4 Å². The number of hydrogen-bond donors (Lipinski definition) is 1. The lowest BCUT2D eigenvalue weighted by Crippen LogP contribution is -2.13. The third-order valence-electron chi connectivity index (χ3n) is 4.09. The summed E-state index contributed by atoms with van der Waals surface area (Å²) >= 11 is 0.280. The second-order valence-electron chi connectivity index (χ2n) is 6.27. The molecule has 0 saturated carbocycles. The Hall–Kier alpha value is -2.06. The molecule has 0 atom stereocenters. The topological polar surface area (TPSA) is 49.0 Å². The van der Waals surface area contributed by atoms with E-state index < -0.39 is 0 Å². The van der Waals surface area contributed by atoms with E-state index in [4.69, 9.17) is 18.9 Å². The summed E-state index contributed by atoms with van der Waals surface area (Å²) in [6.07, 6.45) is 4.16. The van der Waals surface area contributed by atoms with Crippen LogP contribution >= 0.6 is 12.1 Å². The lowest BCUT2D eigenvalue weighted by Gasteiger charge is -2.08. The summed E-state index contributed by atoms with van der Waals surface area (Å²) in [7, 11) is 1.91. The van der Waals surface area contributed by atoms with Gasteiger partial charge >= 0.3 is 0 Å². The van der Waals surface area contributed by atoms with Crippen LogP contribution in [0.2, 0.25) is 0 Å². The Morgan fingerprint density at radius 3 is 1.77 bits per heavy atom. The van der Waals surface area contributed by atoms with Gasteiger partial charge < -0.3 is 24.3 Å². The van der Waals surface area contributed by atoms with Crippen molar-refractivity contribution < 1.29 is 22.8 Å². The molecular formula is C23H30FNO4S. The maximum Gasteiger partial charge on any atom is 0.119 e. The summed E-state index contributed by atoms with van der Waals surface area (Å²) in [5.41, 5.74) is 3.36. The van der Waals surface area contributed by atoms with Crippen LogP contribution in [0.25, 0.3) is 12.2 Å². The van der Waals surface area contributed by atoms with Gasteiger partial charge in [-0.3, -0.25) is 0 Å². The molecule has 0 heterocycles. The van der Waals surface area contributed by atoms with Crippen LogP contribution in [0.5, 0.6) is 5.75 Å². The van der Waals surface area contributed by atoms with Gasteiger partial charge in [0.15, 0.2) is 0 Å². The first-order chi connectivity index (χ1) is 14.8. The average Bonchev–Trinajstić information content (AvgIpc) is 2.79. The zero-order valence-corrected chi connectivity index (χ0v) is 18.2. The predicted molar refractivity (Wildman–Crippen MR) is 123 cm³/mol. The van der Waals surface area contributed by atoms with E-state index in [0.717, 1.165) is 22.6 Å². The van der Waals surface area contributed by atoms with Crippen LogP contribution in [-0.4, -0.2) is 59.0 Å². The molecule has 0 aliphatic rings. The van der Waals surface area contributed by atoms with Gasteiger partial charge in [0.2, 0.25) is 0 Å². The van der Waals surface area contributed by atoms with E-state index in [-0.39, 0.29) is 12.1 Å². The van der Waals surface area contributed by atoms with Crippen LogP contribution in [0.1, 0.15) is 11.1 Å². The van der Waals surface area contributed by atoms with Crippen molar-refractivity contribution >= 4 is 30.0 Å². The minimum Gasteiger partial charge on any atom is -0.491 e. The van der Waals surface area contributed by atoms with Gasteiger partial charge in [0.1, 0.15) is 12.4 Å². The number of halogens is 1. The molecule has 164 valence electrons. The number of rotatable bonds is 16. The van der Waals surface area contributed by atoms with E-state index in [0.29, 0.717) is 52.0 Å². The molecule has 0 aromatic heterocycles. The molecule has 7 heteroatoms. The van der Waals surface area contributed by atoms with Gasteiger partial charge in [-0.15, -0.1) is 0 Å². The van der Waals surface area contributed by atoms with Crippen LogP contribution in [0.15, 0.2) is 48.5 Å². The normalized spacial score (nSPS) is 11.1. The van der Waals surface area contributed by atoms with Crippen molar-refractivity contribution in [1.29, 1.82) is 0 Å². The lowest BCUT2D eigenvalue weighted by molar-refractivity contribution is 0.0117. The first kappa shape index (κ1) is 24.2. The number of nitrogens with one attached hydrogen (secondary N) is 1. The van der Waals surface area contributed by atoms with Crippen molar-refractivity contribution in [2.24, 2.45) is 0 Å². The molecule has 0 aliphatic heterocycles. The fraction of sp³-hybridized carbons (Fsp3) is 0.391. The minimum atomic E-state index is 0.280. The highest BCUT2D eigenvalue weighted by molar-refractivity contribution is 7.94. The summed E-state index contributed by atoms with van der Waals surface area (Å²) in [4.78, 5) is 0. The van der Waals surface area contributed by atoms with Crippen molar-refractivity contribution in [3.05, 3.63) is 59.7 Å². The molecule has 0 saturated heterocycles. The van der Waals surface area contributed by atoms with Crippen molar-refractivity contribution in [1.82, 2.24) is 0 Å². The van der Waals surface area contributed by atoms with Gasteiger partial charge in [0, 0.05) is 30.6 Å². The molecule has 0 spiro atoms. The molecule has 0 fully saturated rings. The van der Waals surface area contributed by atoms with E-state index >= 15 is 0 Å². The van der Waals surface area contributed by atoms with E-state index in [1.54, 1.807) is 0 Å². The largest absolute Gasteiger partial charge is 0.491 e. The fourth-order valence-corrected chi connectivity index (χ4v) is 2.66. The van der Waals surface area contributed by atoms with Crippen LogP contribution in [-0.2, 0) is 14.2 Å². The highest BCUT2D eigenvalue weighted by Crippen LogP contribution is 2.15. The maximum atomic E-state index is 11.8. The average molecular weight is 436 g/mol. The zero-order valence-electron chi connectivity index (χ0n) is 17.3. The monoisotopic (exact) mass is 435 g/mol. The molecule has 5 nitrogen and oxygen atoms in total. The third-order valence-corrected chi connectivity index (χ3v) is 4.41. The molecule has 0 unspecified atom stereocenters. The number of ether oxygens (including phenoxy) is 4. The molecule has 2 aromatic carbocycles. The molecule has 0 bridgehead atoms. The quantitative estimate of drug-likeness (QED) is 0.298. The summed E-state index contributed by atoms with van der Waals surface area (Å²) in [5, 5.41) is 3.11. The fourth-order valence-electron chi connectivity index (χ4n) is 2.48. The number of anilines is 1. The van der Waals surface area contributed by atoms with E-state index in [1.165, 1.54) is 0 Å². The van der Waals surface area contributed by atoms with E-state index in [1.807, 2.05) is 31.3 Å². The second-order valence-corrected chi connectivity index (χ2v) is 6.90. The Bertz CT molecular complexity index is 710. The molecule has 30 heavy (non-hydrogen) atoms. The van der Waals surface area contributed by atoms with Gasteiger partial charge in [-0.25, -0.2) is 0 Å². The Labute approximate surface area is 182 Å². The second kappa shape index (κ2) is 15.7. The Kier molecular flexibility index (Phi) is 12.7. The smallest absolute Gasteiger partial charge is 0.119 e. The molecule has 0 amide bonds. The van der Waals surface area contributed by atoms with Crippen molar-refractivity contribution in [2.45, 2.75) is 0 Å². The van der Waals surface area contributed by atoms with Gasteiger partial charge in [0.05, 0.1) is 39.6 Å². The minimum absolute atomic E-state index is 0.280. The zero-order chi connectivity index (χ0) is 21.3. The molecule has 2 aromatic rings. The summed E-state index contributed by atoms with van der Waals surface area (Å²) < 4.78 is 33.5. The first-order valence-electron chi connectivity index (χ1n) is 9.97. The number of hydrogen-bond acceptors (Lipinski definition) is 6. The molecule has 0 radical (unpaired) electrons. The Morgan fingerprint density at radius 1 is 0.733 bits per heavy atom. The lowest BCUT2D eigenvalue weighted by atomic mass is 10.1. The van der Waals surface area contributed by atoms with Crippen LogP contribution in [0.3, 0.4) is 0 Å². The van der Waals surface area contributed by atoms with Gasteiger partial charge in [-0.1, -0.05) is 36.4 Å². The van der Waals surface area contributed by atoms with E-state index in [9.17, 15) is 3.89 Å². The SMILES string of the molecule is CNc1ccc(/C=C/c2ccc(OCCOCCOCCOCCSF)cc2)cc1. The molecule has 2 rings (SSSR count). The maximum absolute atomic E-state index is 11.8.